The molecule has 0 spiro atoms. The van der Waals surface area contributed by atoms with Gasteiger partial charge in [0.05, 0.1) is 18.4 Å². The number of carbonyl (C=O) groups is 4. The summed E-state index contributed by atoms with van der Waals surface area (Å²) in [7, 11) is 1.84. The molecule has 10 heteroatoms. The largest absolute Gasteiger partial charge is 0.326 e. The van der Waals surface area contributed by atoms with Crippen LogP contribution >= 0.6 is 0 Å². The Morgan fingerprint density at radius 1 is 1.10 bits per heavy atom. The minimum atomic E-state index is -0.649. The fourth-order valence-corrected chi connectivity index (χ4v) is 3.68. The highest BCUT2D eigenvalue weighted by atomic mass is 16.2. The fourth-order valence-electron chi connectivity index (χ4n) is 3.68. The lowest BCUT2D eigenvalue weighted by atomic mass is 10.1. The second-order valence-electron chi connectivity index (χ2n) is 9.39. The van der Waals surface area contributed by atoms with E-state index in [2.05, 4.69) is 48.0 Å². The highest BCUT2D eigenvalue weighted by molar-refractivity contribution is 5.94. The number of nitrogens with zero attached hydrogens (tertiary/aromatic N) is 3. The van der Waals surface area contributed by atoms with Crippen LogP contribution in [0.2, 0.25) is 0 Å². The molecule has 0 bridgehead atoms. The number of para-hydroxylation sites is 1. The number of rotatable bonds is 6. The van der Waals surface area contributed by atoms with E-state index in [0.29, 0.717) is 18.4 Å². The summed E-state index contributed by atoms with van der Waals surface area (Å²) in [4.78, 5) is 47.7. The molecule has 2 amide bonds. The first-order valence-electron chi connectivity index (χ1n) is 12.8. The van der Waals surface area contributed by atoms with Crippen LogP contribution in [0.3, 0.4) is 0 Å². The number of hydrogen-bond donors (Lipinski definition) is 3. The number of amides is 2. The number of hydrogen-bond acceptors (Lipinski definition) is 8. The highest BCUT2D eigenvalue weighted by Crippen LogP contribution is 2.25. The molecule has 212 valence electrons. The van der Waals surface area contributed by atoms with Crippen LogP contribution < -0.4 is 16.2 Å². The van der Waals surface area contributed by atoms with E-state index in [1.165, 1.54) is 10.3 Å². The first-order valence-corrected chi connectivity index (χ1v) is 12.8. The first-order chi connectivity index (χ1) is 19.3. The number of hydrazine groups is 1. The summed E-state index contributed by atoms with van der Waals surface area (Å²) < 4.78 is 0. The average molecular weight is 547 g/mol. The quantitative estimate of drug-likeness (QED) is 0.237. The number of fused-ring (bicyclic) bond motifs is 1. The Bertz CT molecular complexity index is 1240. The molecule has 2 atom stereocenters. The monoisotopic (exact) mass is 546 g/mol. The number of pyridine rings is 1. The van der Waals surface area contributed by atoms with Crippen LogP contribution in [0.1, 0.15) is 33.6 Å². The zero-order valence-corrected chi connectivity index (χ0v) is 23.5. The Morgan fingerprint density at radius 3 is 2.38 bits per heavy atom. The van der Waals surface area contributed by atoms with E-state index >= 15 is 0 Å². The van der Waals surface area contributed by atoms with Gasteiger partial charge in [-0.25, -0.2) is 5.43 Å². The van der Waals surface area contributed by atoms with Crippen molar-refractivity contribution in [2.24, 2.45) is 11.8 Å². The molecule has 2 aromatic carbocycles. The second kappa shape index (κ2) is 18.6. The molecule has 0 radical (unpaired) electrons. The van der Waals surface area contributed by atoms with E-state index in [9.17, 15) is 14.4 Å². The Labute approximate surface area is 235 Å². The summed E-state index contributed by atoms with van der Waals surface area (Å²) in [5, 5.41) is 14.2. The van der Waals surface area contributed by atoms with Crippen LogP contribution in [-0.2, 0) is 19.2 Å². The molecule has 1 aliphatic heterocycles. The number of likely N-dealkylation sites (tertiary alicyclic amines) is 1. The molecule has 1 aromatic heterocycles. The van der Waals surface area contributed by atoms with Crippen molar-refractivity contribution in [2.75, 3.05) is 24.3 Å². The van der Waals surface area contributed by atoms with Crippen molar-refractivity contribution in [1.82, 2.24) is 15.3 Å². The third kappa shape index (κ3) is 11.4. The van der Waals surface area contributed by atoms with Crippen LogP contribution in [-0.4, -0.2) is 54.4 Å². The number of carbonyl (C=O) groups excluding carboxylic acids is 4. The summed E-state index contributed by atoms with van der Waals surface area (Å²) in [5.41, 5.74) is 7.64. The maximum Gasteiger partial charge on any atom is 0.230 e. The van der Waals surface area contributed by atoms with Gasteiger partial charge in [0.1, 0.15) is 19.1 Å². The average Bonchev–Trinajstić information content (AvgIpc) is 3.40. The van der Waals surface area contributed by atoms with Crippen LogP contribution in [0.4, 0.5) is 11.4 Å². The highest BCUT2D eigenvalue weighted by Gasteiger charge is 2.38. The predicted molar refractivity (Wildman–Crippen MR) is 157 cm³/mol. The van der Waals surface area contributed by atoms with Gasteiger partial charge in [-0.2, -0.15) is 5.26 Å². The number of benzene rings is 2. The fraction of sp³-hybridized carbons (Fsp3) is 0.333. The van der Waals surface area contributed by atoms with E-state index in [1.54, 1.807) is 18.3 Å². The molecular formula is C30H38N6O4. The van der Waals surface area contributed by atoms with Gasteiger partial charge in [-0.05, 0) is 48.1 Å². The van der Waals surface area contributed by atoms with Gasteiger partial charge in [0.2, 0.25) is 11.8 Å². The standard InChI is InChI=1S/C15H15N3O3.C10H11N3.C4H10.CH2O/c16-9-13-8-11(10-18(13)14(20)6-7-19)15(21)17-12-4-2-1-3-5-12;1-11-13-10-3-2-9-7-12-5-4-8(9)6-10;1-4(2)3;1-2/h1-5,7,11,13H,6,8,10H2,(H,17,21);2-7,11,13H,1H3;4H,1-3H3;1H2. The molecule has 10 nitrogen and oxygen atoms in total. The topological polar surface area (TPSA) is 144 Å². The summed E-state index contributed by atoms with van der Waals surface area (Å²) in [6, 6.07) is 18.5. The lowest BCUT2D eigenvalue weighted by Crippen LogP contribution is -2.35. The normalized spacial score (nSPS) is 15.2. The SMILES string of the molecule is C=O.CC(C)C.CNNc1ccc2cnccc2c1.N#CC1CC(C(=O)Nc2ccccc2)CN1C(=O)CC=O. The Hall–Kier alpha value is -4.62. The molecule has 2 heterocycles. The number of anilines is 2. The molecule has 2 unspecified atom stereocenters. The predicted octanol–water partition coefficient (Wildman–Crippen LogP) is 4.21. The van der Waals surface area contributed by atoms with Gasteiger partial charge >= 0.3 is 0 Å². The van der Waals surface area contributed by atoms with Gasteiger partial charge in [-0.3, -0.25) is 14.6 Å². The van der Waals surface area contributed by atoms with E-state index in [-0.39, 0.29) is 18.9 Å². The molecule has 1 aliphatic rings. The van der Waals surface area contributed by atoms with Gasteiger partial charge < -0.3 is 25.2 Å². The van der Waals surface area contributed by atoms with Crippen LogP contribution in [0.5, 0.6) is 0 Å². The number of aldehydes is 1. The van der Waals surface area contributed by atoms with E-state index in [0.717, 1.165) is 17.0 Å². The van der Waals surface area contributed by atoms with Gasteiger partial charge in [0, 0.05) is 42.7 Å². The molecular weight excluding hydrogens is 508 g/mol. The summed E-state index contributed by atoms with van der Waals surface area (Å²) >= 11 is 0. The zero-order chi connectivity index (χ0) is 29.9. The summed E-state index contributed by atoms with van der Waals surface area (Å²) in [6.45, 7) is 8.67. The summed E-state index contributed by atoms with van der Waals surface area (Å²) in [5.74, 6) is -0.236. The maximum absolute atomic E-state index is 12.2. The molecule has 3 aromatic rings. The molecule has 1 saturated heterocycles. The van der Waals surface area contributed by atoms with Crippen molar-refractivity contribution < 1.29 is 19.2 Å². The van der Waals surface area contributed by atoms with Crippen molar-refractivity contribution in [3.05, 3.63) is 67.0 Å². The van der Waals surface area contributed by atoms with E-state index < -0.39 is 17.9 Å². The molecule has 1 fully saturated rings. The van der Waals surface area contributed by atoms with Crippen molar-refractivity contribution in [2.45, 2.75) is 39.7 Å². The van der Waals surface area contributed by atoms with E-state index in [1.807, 2.05) is 62.5 Å². The van der Waals surface area contributed by atoms with Crippen molar-refractivity contribution in [1.29, 1.82) is 5.26 Å². The molecule has 0 saturated carbocycles. The van der Waals surface area contributed by atoms with E-state index in [4.69, 9.17) is 10.1 Å². The third-order valence-electron chi connectivity index (χ3n) is 5.35. The minimum absolute atomic E-state index is 0.170. The maximum atomic E-state index is 12.2. The van der Waals surface area contributed by atoms with Crippen LogP contribution in [0.15, 0.2) is 67.0 Å². The smallest absolute Gasteiger partial charge is 0.230 e. The lowest BCUT2D eigenvalue weighted by molar-refractivity contribution is -0.133. The third-order valence-corrected chi connectivity index (χ3v) is 5.35. The van der Waals surface area contributed by atoms with Gasteiger partial charge in [-0.15, -0.1) is 0 Å². The molecule has 0 aliphatic carbocycles. The zero-order valence-electron chi connectivity index (χ0n) is 23.5. The lowest BCUT2D eigenvalue weighted by Gasteiger charge is -2.18. The minimum Gasteiger partial charge on any atom is -0.326 e. The summed E-state index contributed by atoms with van der Waals surface area (Å²) in [6.07, 6.45) is 4.20. The van der Waals surface area contributed by atoms with Crippen molar-refractivity contribution in [3.63, 3.8) is 0 Å². The Kier molecular flexibility index (Phi) is 15.5. The van der Waals surface area contributed by atoms with Gasteiger partial charge in [0.15, 0.2) is 0 Å². The van der Waals surface area contributed by atoms with Crippen LogP contribution in [0.25, 0.3) is 10.8 Å². The molecule has 40 heavy (non-hydrogen) atoms. The molecule has 4 rings (SSSR count). The Morgan fingerprint density at radius 2 is 1.77 bits per heavy atom. The van der Waals surface area contributed by atoms with Crippen LogP contribution in [0, 0.1) is 23.2 Å². The first kappa shape index (κ1) is 33.4. The Balaban J connectivity index is 0.000000357. The number of aromatic nitrogens is 1. The van der Waals surface area contributed by atoms with Crippen molar-refractivity contribution >= 4 is 47.0 Å². The number of nitriles is 1. The van der Waals surface area contributed by atoms with Gasteiger partial charge in [-0.1, -0.05) is 45.0 Å². The second-order valence-corrected chi connectivity index (χ2v) is 9.39. The molecule has 3 N–H and O–H groups in total. The van der Waals surface area contributed by atoms with Gasteiger partial charge in [0.25, 0.3) is 0 Å². The van der Waals surface area contributed by atoms with Crippen molar-refractivity contribution in [3.8, 4) is 6.07 Å². The number of nitrogens with one attached hydrogen (secondary N) is 3.